The van der Waals surface area contributed by atoms with Crippen molar-refractivity contribution in [3.63, 3.8) is 0 Å². The van der Waals surface area contributed by atoms with Crippen LogP contribution in [0, 0.1) is 11.6 Å². The van der Waals surface area contributed by atoms with E-state index in [0.717, 1.165) is 24.3 Å². The molecule has 1 heterocycles. The Bertz CT molecular complexity index is 1290. The molecule has 3 amide bonds. The van der Waals surface area contributed by atoms with Gasteiger partial charge in [0.25, 0.3) is 17.7 Å². The number of carboxylic acid groups (broad SMARTS) is 1. The number of halogens is 3. The highest BCUT2D eigenvalue weighted by molar-refractivity contribution is 6.30. The lowest BCUT2D eigenvalue weighted by atomic mass is 10.0. The highest BCUT2D eigenvalue weighted by Gasteiger charge is 2.43. The number of nitrogens with zero attached hydrogens (tertiary/aromatic N) is 2. The summed E-state index contributed by atoms with van der Waals surface area (Å²) >= 11 is 5.93. The average molecular weight is 542 g/mol. The molecule has 0 radical (unpaired) electrons. The van der Waals surface area contributed by atoms with Gasteiger partial charge in [-0.2, -0.15) is 0 Å². The molecule has 196 valence electrons. The Morgan fingerprint density at radius 3 is 1.74 bits per heavy atom. The van der Waals surface area contributed by atoms with E-state index < -0.39 is 54.0 Å². The van der Waals surface area contributed by atoms with Gasteiger partial charge in [0.1, 0.15) is 11.6 Å². The van der Waals surface area contributed by atoms with E-state index >= 15 is 0 Å². The summed E-state index contributed by atoms with van der Waals surface area (Å²) in [5, 5.41) is 12.4. The van der Waals surface area contributed by atoms with E-state index in [1.807, 2.05) is 0 Å². The Morgan fingerprint density at radius 2 is 1.26 bits per heavy atom. The predicted molar refractivity (Wildman–Crippen MR) is 133 cm³/mol. The fraction of sp³-hybridized carbons (Fsp3) is 0.185. The molecule has 4 rings (SSSR count). The van der Waals surface area contributed by atoms with Gasteiger partial charge in [-0.25, -0.2) is 8.78 Å². The van der Waals surface area contributed by atoms with Gasteiger partial charge in [-0.05, 0) is 66.2 Å². The molecule has 2 N–H and O–H groups in total. The number of carbonyl (C=O) groups is 4. The number of rotatable bonds is 7. The van der Waals surface area contributed by atoms with Gasteiger partial charge in [0, 0.05) is 29.2 Å². The molecule has 3 aromatic carbocycles. The molecule has 1 saturated heterocycles. The van der Waals surface area contributed by atoms with Crippen LogP contribution in [0.2, 0.25) is 5.02 Å². The van der Waals surface area contributed by atoms with Crippen LogP contribution in [0.4, 0.5) is 8.78 Å². The molecule has 0 bridgehead atoms. The molecule has 1 aliphatic heterocycles. The summed E-state index contributed by atoms with van der Waals surface area (Å²) in [6.45, 7) is 0.000395. The van der Waals surface area contributed by atoms with E-state index in [-0.39, 0.29) is 24.2 Å². The van der Waals surface area contributed by atoms with E-state index in [1.165, 1.54) is 58.3 Å². The third kappa shape index (κ3) is 5.97. The number of benzene rings is 3. The number of hydrogen-bond acceptors (Lipinski definition) is 4. The van der Waals surface area contributed by atoms with E-state index in [4.69, 9.17) is 11.6 Å². The molecular formula is C27H22ClF2N3O5. The maximum atomic E-state index is 13.6. The summed E-state index contributed by atoms with van der Waals surface area (Å²) in [4.78, 5) is 54.2. The monoisotopic (exact) mass is 541 g/mol. The van der Waals surface area contributed by atoms with Crippen LogP contribution in [0.3, 0.4) is 0 Å². The Balaban J connectivity index is 1.67. The quantitative estimate of drug-likeness (QED) is 0.472. The van der Waals surface area contributed by atoms with Crippen molar-refractivity contribution in [3.05, 3.63) is 106 Å². The topological polar surface area (TPSA) is 107 Å². The molecule has 0 aliphatic carbocycles. The first-order valence-corrected chi connectivity index (χ1v) is 11.9. The molecule has 2 unspecified atom stereocenters. The Labute approximate surface area is 221 Å². The standard InChI is InChI=1S/C27H22ClF2N3O5/c28-19-7-1-17(2-8-19)26(37)32-13-14-33(27(38)18-5-11-21(30)12-6-18)25(32)24(36)31-22(15-23(34)35)16-3-9-20(29)10-4-16/h1-12,22,25H,13-15H2,(H,31,36)(H,34,35). The number of carbonyl (C=O) groups excluding carboxylic acids is 3. The molecule has 3 aromatic rings. The highest BCUT2D eigenvalue weighted by atomic mass is 35.5. The minimum absolute atomic E-state index is 0.00618. The fourth-order valence-corrected chi connectivity index (χ4v) is 4.35. The summed E-state index contributed by atoms with van der Waals surface area (Å²) < 4.78 is 26.9. The smallest absolute Gasteiger partial charge is 0.305 e. The third-order valence-electron chi connectivity index (χ3n) is 6.08. The van der Waals surface area contributed by atoms with Gasteiger partial charge in [-0.15, -0.1) is 0 Å². The second kappa shape index (κ2) is 11.4. The van der Waals surface area contributed by atoms with E-state index in [2.05, 4.69) is 5.32 Å². The third-order valence-corrected chi connectivity index (χ3v) is 6.33. The van der Waals surface area contributed by atoms with E-state index in [0.29, 0.717) is 10.6 Å². The van der Waals surface area contributed by atoms with Crippen molar-refractivity contribution in [2.45, 2.75) is 18.6 Å². The minimum atomic E-state index is -1.44. The van der Waals surface area contributed by atoms with Crippen molar-refractivity contribution in [1.82, 2.24) is 15.1 Å². The lowest BCUT2D eigenvalue weighted by molar-refractivity contribution is -0.138. The number of carboxylic acids is 1. The van der Waals surface area contributed by atoms with Gasteiger partial charge in [0.2, 0.25) is 0 Å². The van der Waals surface area contributed by atoms with Crippen molar-refractivity contribution in [2.75, 3.05) is 13.1 Å². The van der Waals surface area contributed by atoms with Crippen LogP contribution >= 0.6 is 11.6 Å². The predicted octanol–water partition coefficient (Wildman–Crippen LogP) is 3.87. The average Bonchev–Trinajstić information content (AvgIpc) is 3.34. The number of aliphatic carboxylic acids is 1. The highest BCUT2D eigenvalue weighted by Crippen LogP contribution is 2.24. The van der Waals surface area contributed by atoms with Crippen LogP contribution in [0.15, 0.2) is 72.8 Å². The molecule has 1 fully saturated rings. The van der Waals surface area contributed by atoms with E-state index in [1.54, 1.807) is 0 Å². The Kier molecular flexibility index (Phi) is 8.02. The number of nitrogens with one attached hydrogen (secondary N) is 1. The van der Waals surface area contributed by atoms with Crippen molar-refractivity contribution in [1.29, 1.82) is 0 Å². The largest absolute Gasteiger partial charge is 0.481 e. The van der Waals surface area contributed by atoms with Gasteiger partial charge in [0.15, 0.2) is 6.17 Å². The summed E-state index contributed by atoms with van der Waals surface area (Å²) in [5.74, 6) is -4.29. The molecule has 1 aliphatic rings. The molecular weight excluding hydrogens is 520 g/mol. The summed E-state index contributed by atoms with van der Waals surface area (Å²) in [6.07, 6.45) is -1.96. The number of hydrogen-bond donors (Lipinski definition) is 2. The van der Waals surface area contributed by atoms with E-state index in [9.17, 15) is 33.1 Å². The minimum Gasteiger partial charge on any atom is -0.481 e. The Hall–Kier alpha value is -4.31. The van der Waals surface area contributed by atoms with Gasteiger partial charge in [-0.1, -0.05) is 23.7 Å². The van der Waals surface area contributed by atoms with Crippen LogP contribution in [-0.4, -0.2) is 57.9 Å². The summed E-state index contributed by atoms with van der Waals surface area (Å²) in [5.41, 5.74) is 0.654. The first-order valence-electron chi connectivity index (χ1n) is 11.5. The van der Waals surface area contributed by atoms with Crippen molar-refractivity contribution in [3.8, 4) is 0 Å². The zero-order valence-electron chi connectivity index (χ0n) is 19.8. The maximum Gasteiger partial charge on any atom is 0.305 e. The molecule has 0 spiro atoms. The Morgan fingerprint density at radius 1 is 0.816 bits per heavy atom. The summed E-state index contributed by atoms with van der Waals surface area (Å²) in [6, 6.07) is 14.6. The SMILES string of the molecule is O=C(O)CC(NC(=O)C1N(C(=O)c2ccc(F)cc2)CCN1C(=O)c1ccc(Cl)cc1)c1ccc(F)cc1. The summed E-state index contributed by atoms with van der Waals surface area (Å²) in [7, 11) is 0. The first kappa shape index (κ1) is 26.7. The number of amides is 3. The molecule has 38 heavy (non-hydrogen) atoms. The second-order valence-electron chi connectivity index (χ2n) is 8.60. The molecule has 2 atom stereocenters. The fourth-order valence-electron chi connectivity index (χ4n) is 4.22. The molecule has 0 saturated carbocycles. The van der Waals surface area contributed by atoms with Crippen molar-refractivity contribution >= 4 is 35.3 Å². The van der Waals surface area contributed by atoms with Gasteiger partial charge in [-0.3, -0.25) is 19.2 Å². The van der Waals surface area contributed by atoms with Crippen LogP contribution in [0.1, 0.15) is 38.7 Å². The molecule has 8 nitrogen and oxygen atoms in total. The van der Waals surface area contributed by atoms with Gasteiger partial charge >= 0.3 is 5.97 Å². The van der Waals surface area contributed by atoms with Crippen molar-refractivity contribution < 1.29 is 33.1 Å². The first-order chi connectivity index (χ1) is 18.1. The zero-order valence-corrected chi connectivity index (χ0v) is 20.6. The van der Waals surface area contributed by atoms with Gasteiger partial charge < -0.3 is 20.2 Å². The van der Waals surface area contributed by atoms with Crippen LogP contribution < -0.4 is 5.32 Å². The second-order valence-corrected chi connectivity index (χ2v) is 9.03. The zero-order chi connectivity index (χ0) is 27.4. The lowest BCUT2D eigenvalue weighted by Gasteiger charge is -2.31. The van der Waals surface area contributed by atoms with Gasteiger partial charge in [0.05, 0.1) is 12.5 Å². The molecule has 0 aromatic heterocycles. The normalized spacial score (nSPS) is 15.7. The van der Waals surface area contributed by atoms with Crippen LogP contribution in [0.25, 0.3) is 0 Å². The van der Waals surface area contributed by atoms with Crippen LogP contribution in [-0.2, 0) is 9.59 Å². The van der Waals surface area contributed by atoms with Crippen LogP contribution in [0.5, 0.6) is 0 Å². The van der Waals surface area contributed by atoms with Crippen molar-refractivity contribution in [2.24, 2.45) is 0 Å². The lowest BCUT2D eigenvalue weighted by Crippen LogP contribution is -2.54. The molecule has 11 heteroatoms. The maximum absolute atomic E-state index is 13.6.